The molecule has 1 N–H and O–H groups in total. The van der Waals surface area contributed by atoms with Crippen LogP contribution in [0.4, 0.5) is 5.69 Å². The van der Waals surface area contributed by atoms with Gasteiger partial charge >= 0.3 is 0 Å². The monoisotopic (exact) mass is 203 g/mol. The van der Waals surface area contributed by atoms with E-state index < -0.39 is 0 Å². The first kappa shape index (κ1) is 11.8. The van der Waals surface area contributed by atoms with E-state index in [-0.39, 0.29) is 0 Å². The fraction of sp³-hybridized carbons (Fsp3) is 0.429. The molecule has 0 atom stereocenters. The summed E-state index contributed by atoms with van der Waals surface area (Å²) in [5.74, 6) is 0. The molecule has 0 amide bonds. The summed E-state index contributed by atoms with van der Waals surface area (Å²) in [5, 5.41) is 3.45. The Morgan fingerprint density at radius 3 is 2.53 bits per heavy atom. The predicted molar refractivity (Wildman–Crippen MR) is 69.1 cm³/mol. The average molecular weight is 203 g/mol. The highest BCUT2D eigenvalue weighted by Crippen LogP contribution is 2.20. The minimum absolute atomic E-state index is 0.385. The number of nitrogens with one attached hydrogen (secondary N) is 1. The molecule has 15 heavy (non-hydrogen) atoms. The molecule has 0 aromatic heterocycles. The molecule has 1 heteroatoms. The zero-order valence-corrected chi connectivity index (χ0v) is 10.0. The van der Waals surface area contributed by atoms with E-state index in [2.05, 4.69) is 44.8 Å². The largest absolute Gasteiger partial charge is 0.385 e. The Morgan fingerprint density at radius 1 is 1.27 bits per heavy atom. The number of hydrogen-bond acceptors (Lipinski definition) is 1. The molecule has 0 bridgehead atoms. The van der Waals surface area contributed by atoms with E-state index in [0.717, 1.165) is 6.54 Å². The van der Waals surface area contributed by atoms with Gasteiger partial charge in [-0.3, -0.25) is 0 Å². The maximum absolute atomic E-state index is 3.81. The highest BCUT2D eigenvalue weighted by molar-refractivity contribution is 5.65. The number of para-hydroxylation sites is 1. The van der Waals surface area contributed by atoms with Gasteiger partial charge in [0.25, 0.3) is 0 Å². The smallest absolute Gasteiger partial charge is 0.0413 e. The maximum Gasteiger partial charge on any atom is 0.0413 e. The van der Waals surface area contributed by atoms with E-state index >= 15 is 0 Å². The van der Waals surface area contributed by atoms with Crippen LogP contribution in [0.3, 0.4) is 0 Å². The highest BCUT2D eigenvalue weighted by Gasteiger charge is 2.09. The first-order chi connectivity index (χ1) is 7.03. The van der Waals surface area contributed by atoms with Crippen LogP contribution in [-0.4, -0.2) is 6.54 Å². The number of rotatable bonds is 4. The van der Waals surface area contributed by atoms with E-state index in [1.807, 2.05) is 18.2 Å². The van der Waals surface area contributed by atoms with Crippen LogP contribution in [0.2, 0.25) is 0 Å². The van der Waals surface area contributed by atoms with Crippen molar-refractivity contribution in [2.45, 2.75) is 27.2 Å². The minimum atomic E-state index is 0.385. The summed E-state index contributed by atoms with van der Waals surface area (Å²) in [6.45, 7) is 11.6. The molecule has 0 unspecified atom stereocenters. The summed E-state index contributed by atoms with van der Waals surface area (Å²) >= 11 is 0. The van der Waals surface area contributed by atoms with Crippen molar-refractivity contribution in [2.75, 3.05) is 11.9 Å². The second-order valence-corrected chi connectivity index (χ2v) is 5.03. The van der Waals surface area contributed by atoms with Gasteiger partial charge in [0.15, 0.2) is 0 Å². The van der Waals surface area contributed by atoms with Gasteiger partial charge in [0, 0.05) is 12.2 Å². The van der Waals surface area contributed by atoms with Gasteiger partial charge in [0.05, 0.1) is 0 Å². The molecular weight excluding hydrogens is 182 g/mol. The van der Waals surface area contributed by atoms with Crippen LogP contribution in [0.25, 0.3) is 6.08 Å². The standard InChI is InChI=1S/C14H21N/c1-5-12-8-6-7-9-13(12)15-11-10-14(2,3)4/h5-9,15H,1,10-11H2,2-4H3. The van der Waals surface area contributed by atoms with Crippen molar-refractivity contribution in [3.63, 3.8) is 0 Å². The van der Waals surface area contributed by atoms with Gasteiger partial charge in [0.2, 0.25) is 0 Å². The van der Waals surface area contributed by atoms with Crippen molar-refractivity contribution in [1.82, 2.24) is 0 Å². The van der Waals surface area contributed by atoms with Crippen LogP contribution >= 0.6 is 0 Å². The Bertz CT molecular complexity index is 320. The lowest BCUT2D eigenvalue weighted by atomic mass is 9.92. The molecule has 0 saturated carbocycles. The molecule has 1 aromatic carbocycles. The number of anilines is 1. The van der Waals surface area contributed by atoms with Crippen molar-refractivity contribution in [3.8, 4) is 0 Å². The van der Waals surface area contributed by atoms with Gasteiger partial charge in [-0.05, 0) is 23.5 Å². The second kappa shape index (κ2) is 5.01. The average Bonchev–Trinajstić information content (AvgIpc) is 2.16. The van der Waals surface area contributed by atoms with Gasteiger partial charge in [-0.1, -0.05) is 51.6 Å². The van der Waals surface area contributed by atoms with Crippen LogP contribution in [0.1, 0.15) is 32.8 Å². The number of benzene rings is 1. The Morgan fingerprint density at radius 2 is 1.93 bits per heavy atom. The minimum Gasteiger partial charge on any atom is -0.385 e. The van der Waals surface area contributed by atoms with Crippen molar-refractivity contribution < 1.29 is 0 Å². The first-order valence-corrected chi connectivity index (χ1v) is 5.48. The molecule has 0 aliphatic carbocycles. The van der Waals surface area contributed by atoms with Crippen LogP contribution in [0.5, 0.6) is 0 Å². The molecule has 0 aliphatic rings. The van der Waals surface area contributed by atoms with Crippen LogP contribution in [0.15, 0.2) is 30.8 Å². The molecule has 0 heterocycles. The first-order valence-electron chi connectivity index (χ1n) is 5.48. The lowest BCUT2D eigenvalue weighted by Crippen LogP contribution is -2.13. The van der Waals surface area contributed by atoms with Gasteiger partial charge in [-0.25, -0.2) is 0 Å². The number of hydrogen-bond donors (Lipinski definition) is 1. The molecule has 0 aliphatic heterocycles. The van der Waals surface area contributed by atoms with Crippen molar-refractivity contribution in [2.24, 2.45) is 5.41 Å². The lowest BCUT2D eigenvalue weighted by Gasteiger charge is -2.19. The molecule has 0 fully saturated rings. The van der Waals surface area contributed by atoms with Gasteiger partial charge in [-0.2, -0.15) is 0 Å². The van der Waals surface area contributed by atoms with Crippen molar-refractivity contribution >= 4 is 11.8 Å². The van der Waals surface area contributed by atoms with Gasteiger partial charge < -0.3 is 5.32 Å². The Labute approximate surface area is 93.2 Å². The third kappa shape index (κ3) is 4.20. The normalized spacial score (nSPS) is 11.1. The maximum atomic E-state index is 3.81. The summed E-state index contributed by atoms with van der Waals surface area (Å²) < 4.78 is 0. The van der Waals surface area contributed by atoms with E-state index in [4.69, 9.17) is 0 Å². The SMILES string of the molecule is C=Cc1ccccc1NCCC(C)(C)C. The van der Waals surface area contributed by atoms with E-state index in [1.165, 1.54) is 17.7 Å². The Balaban J connectivity index is 2.54. The molecular formula is C14H21N. The van der Waals surface area contributed by atoms with Crippen LogP contribution in [0, 0.1) is 5.41 Å². The molecule has 0 radical (unpaired) electrons. The third-order valence-electron chi connectivity index (χ3n) is 2.37. The zero-order chi connectivity index (χ0) is 11.3. The van der Waals surface area contributed by atoms with Crippen molar-refractivity contribution in [3.05, 3.63) is 36.4 Å². The second-order valence-electron chi connectivity index (χ2n) is 5.03. The lowest BCUT2D eigenvalue weighted by molar-refractivity contribution is 0.390. The Kier molecular flexibility index (Phi) is 3.96. The fourth-order valence-electron chi connectivity index (χ4n) is 1.41. The van der Waals surface area contributed by atoms with Gasteiger partial charge in [0.1, 0.15) is 0 Å². The molecule has 82 valence electrons. The molecule has 1 nitrogen and oxygen atoms in total. The summed E-state index contributed by atoms with van der Waals surface area (Å²) in [5.41, 5.74) is 2.74. The molecule has 1 aromatic rings. The summed E-state index contributed by atoms with van der Waals surface area (Å²) in [4.78, 5) is 0. The fourth-order valence-corrected chi connectivity index (χ4v) is 1.41. The quantitative estimate of drug-likeness (QED) is 0.774. The summed E-state index contributed by atoms with van der Waals surface area (Å²) in [7, 11) is 0. The van der Waals surface area contributed by atoms with E-state index in [0.29, 0.717) is 5.41 Å². The third-order valence-corrected chi connectivity index (χ3v) is 2.37. The van der Waals surface area contributed by atoms with E-state index in [9.17, 15) is 0 Å². The highest BCUT2D eigenvalue weighted by atomic mass is 14.9. The predicted octanol–water partition coefficient (Wildman–Crippen LogP) is 4.18. The topological polar surface area (TPSA) is 12.0 Å². The molecule has 0 spiro atoms. The zero-order valence-electron chi connectivity index (χ0n) is 10.0. The summed E-state index contributed by atoms with van der Waals surface area (Å²) in [6, 6.07) is 8.25. The van der Waals surface area contributed by atoms with Crippen molar-refractivity contribution in [1.29, 1.82) is 0 Å². The summed E-state index contributed by atoms with van der Waals surface area (Å²) in [6.07, 6.45) is 3.05. The van der Waals surface area contributed by atoms with Gasteiger partial charge in [-0.15, -0.1) is 0 Å². The van der Waals surface area contributed by atoms with E-state index in [1.54, 1.807) is 0 Å². The Hall–Kier alpha value is -1.24. The molecule has 0 saturated heterocycles. The van der Waals surface area contributed by atoms with Crippen LogP contribution in [-0.2, 0) is 0 Å². The van der Waals surface area contributed by atoms with Crippen LogP contribution < -0.4 is 5.32 Å². The molecule has 1 rings (SSSR count).